The van der Waals surface area contributed by atoms with Crippen molar-refractivity contribution in [2.75, 3.05) is 25.1 Å². The van der Waals surface area contributed by atoms with Crippen molar-refractivity contribution in [3.05, 3.63) is 5.89 Å². The van der Waals surface area contributed by atoms with Gasteiger partial charge in [0.1, 0.15) is 0 Å². The molecular weight excluding hydrogens is 232 g/mol. The highest BCUT2D eigenvalue weighted by Crippen LogP contribution is 2.24. The Balaban J connectivity index is 1.97. The Hall–Kier alpha value is -1.14. The molecule has 1 aliphatic rings. The van der Waals surface area contributed by atoms with E-state index in [1.807, 2.05) is 13.8 Å². The van der Waals surface area contributed by atoms with Crippen molar-refractivity contribution in [1.29, 1.82) is 0 Å². The number of nitrogens with zero attached hydrogens (tertiary/aromatic N) is 2. The number of anilines is 1. The second-order valence-electron chi connectivity index (χ2n) is 5.07. The molecule has 6 heteroatoms. The molecule has 102 valence electrons. The van der Waals surface area contributed by atoms with Crippen LogP contribution < -0.4 is 10.6 Å². The van der Waals surface area contributed by atoms with E-state index in [0.29, 0.717) is 18.5 Å². The third-order valence-corrected chi connectivity index (χ3v) is 3.17. The van der Waals surface area contributed by atoms with E-state index < -0.39 is 0 Å². The summed E-state index contributed by atoms with van der Waals surface area (Å²) in [5, 5.41) is 14.6. The van der Waals surface area contributed by atoms with Gasteiger partial charge in [-0.25, -0.2) is 0 Å². The SMILES string of the molecule is CCNC(C)c1nnc(NC2(C)CCCOC2)o1. The quantitative estimate of drug-likeness (QED) is 0.833. The summed E-state index contributed by atoms with van der Waals surface area (Å²) in [4.78, 5) is 0. The Morgan fingerprint density at radius 1 is 1.44 bits per heavy atom. The molecule has 1 saturated heterocycles. The van der Waals surface area contributed by atoms with E-state index in [4.69, 9.17) is 9.15 Å². The number of nitrogens with one attached hydrogen (secondary N) is 2. The Kier molecular flexibility index (Phi) is 4.19. The minimum Gasteiger partial charge on any atom is -0.406 e. The number of hydrogen-bond donors (Lipinski definition) is 2. The minimum absolute atomic E-state index is 0.0773. The van der Waals surface area contributed by atoms with Crippen molar-refractivity contribution in [2.24, 2.45) is 0 Å². The molecule has 2 rings (SSSR count). The number of hydrogen-bond acceptors (Lipinski definition) is 6. The molecule has 1 aromatic rings. The van der Waals surface area contributed by atoms with Crippen LogP contribution in [0.4, 0.5) is 6.01 Å². The van der Waals surface area contributed by atoms with Crippen LogP contribution in [0.5, 0.6) is 0 Å². The first-order valence-electron chi connectivity index (χ1n) is 6.56. The van der Waals surface area contributed by atoms with Crippen LogP contribution in [0.2, 0.25) is 0 Å². The summed E-state index contributed by atoms with van der Waals surface area (Å²) in [6.45, 7) is 8.55. The van der Waals surface area contributed by atoms with E-state index in [2.05, 4.69) is 27.8 Å². The van der Waals surface area contributed by atoms with Gasteiger partial charge in [-0.3, -0.25) is 0 Å². The van der Waals surface area contributed by atoms with Gasteiger partial charge in [0, 0.05) is 6.61 Å². The summed E-state index contributed by atoms with van der Waals surface area (Å²) in [5.41, 5.74) is -0.108. The van der Waals surface area contributed by atoms with Crippen LogP contribution in [0.3, 0.4) is 0 Å². The Labute approximate surface area is 107 Å². The van der Waals surface area contributed by atoms with Crippen molar-refractivity contribution in [1.82, 2.24) is 15.5 Å². The smallest absolute Gasteiger partial charge is 0.316 e. The predicted octanol–water partition coefficient (Wildman–Crippen LogP) is 1.72. The van der Waals surface area contributed by atoms with Crippen molar-refractivity contribution in [3.8, 4) is 0 Å². The molecule has 0 amide bonds. The fraction of sp³-hybridized carbons (Fsp3) is 0.833. The van der Waals surface area contributed by atoms with Crippen molar-refractivity contribution in [3.63, 3.8) is 0 Å². The first-order chi connectivity index (χ1) is 8.63. The minimum atomic E-state index is -0.108. The first kappa shape index (κ1) is 13.3. The zero-order valence-corrected chi connectivity index (χ0v) is 11.3. The molecule has 0 aromatic carbocycles. The van der Waals surface area contributed by atoms with E-state index in [1.54, 1.807) is 0 Å². The Morgan fingerprint density at radius 2 is 2.28 bits per heavy atom. The van der Waals surface area contributed by atoms with Gasteiger partial charge in [0.2, 0.25) is 5.89 Å². The van der Waals surface area contributed by atoms with Crippen LogP contribution in [0.25, 0.3) is 0 Å². The third kappa shape index (κ3) is 3.20. The molecule has 6 nitrogen and oxygen atoms in total. The van der Waals surface area contributed by atoms with Gasteiger partial charge in [-0.1, -0.05) is 12.0 Å². The largest absolute Gasteiger partial charge is 0.406 e. The fourth-order valence-electron chi connectivity index (χ4n) is 2.14. The summed E-state index contributed by atoms with van der Waals surface area (Å²) in [7, 11) is 0. The monoisotopic (exact) mass is 254 g/mol. The van der Waals surface area contributed by atoms with Gasteiger partial charge in [0.25, 0.3) is 0 Å². The number of ether oxygens (including phenoxy) is 1. The zero-order chi connectivity index (χ0) is 13.0. The normalized spacial score (nSPS) is 25.9. The van der Waals surface area contributed by atoms with Crippen LogP contribution in [0.15, 0.2) is 4.42 Å². The molecule has 0 spiro atoms. The van der Waals surface area contributed by atoms with E-state index in [-0.39, 0.29) is 11.6 Å². The summed E-state index contributed by atoms with van der Waals surface area (Å²) < 4.78 is 11.1. The van der Waals surface area contributed by atoms with Gasteiger partial charge in [0.05, 0.1) is 18.2 Å². The van der Waals surface area contributed by atoms with Crippen LogP contribution in [-0.4, -0.2) is 35.5 Å². The molecule has 1 aliphatic heterocycles. The van der Waals surface area contributed by atoms with Crippen molar-refractivity contribution < 1.29 is 9.15 Å². The molecule has 1 aromatic heterocycles. The van der Waals surface area contributed by atoms with E-state index in [1.165, 1.54) is 0 Å². The van der Waals surface area contributed by atoms with E-state index in [9.17, 15) is 0 Å². The topological polar surface area (TPSA) is 72.2 Å². The van der Waals surface area contributed by atoms with Crippen molar-refractivity contribution >= 4 is 6.01 Å². The average Bonchev–Trinajstić information content (AvgIpc) is 2.78. The fourth-order valence-corrected chi connectivity index (χ4v) is 2.14. The highest BCUT2D eigenvalue weighted by molar-refractivity contribution is 5.24. The number of rotatable bonds is 5. The van der Waals surface area contributed by atoms with Gasteiger partial charge < -0.3 is 19.8 Å². The molecule has 1 fully saturated rings. The van der Waals surface area contributed by atoms with Crippen LogP contribution >= 0.6 is 0 Å². The lowest BCUT2D eigenvalue weighted by molar-refractivity contribution is 0.0530. The van der Waals surface area contributed by atoms with Gasteiger partial charge >= 0.3 is 6.01 Å². The molecule has 0 radical (unpaired) electrons. The second-order valence-corrected chi connectivity index (χ2v) is 5.07. The molecule has 2 atom stereocenters. The maximum Gasteiger partial charge on any atom is 0.316 e. The van der Waals surface area contributed by atoms with Crippen LogP contribution in [0, 0.1) is 0 Å². The molecule has 18 heavy (non-hydrogen) atoms. The third-order valence-electron chi connectivity index (χ3n) is 3.17. The Morgan fingerprint density at radius 3 is 2.94 bits per heavy atom. The average molecular weight is 254 g/mol. The van der Waals surface area contributed by atoms with Crippen LogP contribution in [-0.2, 0) is 4.74 Å². The lowest BCUT2D eigenvalue weighted by atomic mass is 9.95. The summed E-state index contributed by atoms with van der Waals surface area (Å²) in [6.07, 6.45) is 2.10. The lowest BCUT2D eigenvalue weighted by Gasteiger charge is -2.33. The van der Waals surface area contributed by atoms with Gasteiger partial charge in [-0.15, -0.1) is 5.10 Å². The molecule has 2 unspecified atom stereocenters. The molecule has 0 aliphatic carbocycles. The maximum absolute atomic E-state index is 5.61. The standard InChI is InChI=1S/C12H22N4O2/c1-4-13-9(2)10-15-16-11(18-10)14-12(3)6-5-7-17-8-12/h9,13H,4-8H2,1-3H3,(H,14,16). The van der Waals surface area contributed by atoms with Gasteiger partial charge in [0.15, 0.2) is 0 Å². The first-order valence-corrected chi connectivity index (χ1v) is 6.56. The highest BCUT2D eigenvalue weighted by Gasteiger charge is 2.29. The maximum atomic E-state index is 5.61. The van der Waals surface area contributed by atoms with Crippen LogP contribution in [0.1, 0.15) is 45.5 Å². The molecule has 2 N–H and O–H groups in total. The van der Waals surface area contributed by atoms with E-state index >= 15 is 0 Å². The second kappa shape index (κ2) is 5.67. The predicted molar refractivity (Wildman–Crippen MR) is 68.5 cm³/mol. The zero-order valence-electron chi connectivity index (χ0n) is 11.3. The molecule has 0 saturated carbocycles. The lowest BCUT2D eigenvalue weighted by Crippen LogP contribution is -2.43. The van der Waals surface area contributed by atoms with Gasteiger partial charge in [-0.05, 0) is 33.2 Å². The molecular formula is C12H22N4O2. The summed E-state index contributed by atoms with van der Waals surface area (Å²) >= 11 is 0. The summed E-state index contributed by atoms with van der Waals surface area (Å²) in [5.74, 6) is 0.611. The van der Waals surface area contributed by atoms with Crippen molar-refractivity contribution in [2.45, 2.75) is 45.2 Å². The molecule has 0 bridgehead atoms. The number of aromatic nitrogens is 2. The molecule has 2 heterocycles. The summed E-state index contributed by atoms with van der Waals surface area (Å²) in [6, 6.07) is 0.552. The van der Waals surface area contributed by atoms with E-state index in [0.717, 1.165) is 26.0 Å². The Bertz CT molecular complexity index is 374. The van der Waals surface area contributed by atoms with Gasteiger partial charge in [-0.2, -0.15) is 0 Å². The highest BCUT2D eigenvalue weighted by atomic mass is 16.5.